The van der Waals surface area contributed by atoms with E-state index < -0.39 is 10.0 Å². The summed E-state index contributed by atoms with van der Waals surface area (Å²) in [5, 5.41) is 0. The zero-order valence-electron chi connectivity index (χ0n) is 13.2. The Morgan fingerprint density at radius 2 is 2.14 bits per heavy atom. The van der Waals surface area contributed by atoms with Gasteiger partial charge in [-0.25, -0.2) is 8.42 Å². The first-order valence-electron chi connectivity index (χ1n) is 7.30. The number of sulfonamides is 1. The molecule has 1 aliphatic heterocycles. The quantitative estimate of drug-likeness (QED) is 0.869. The van der Waals surface area contributed by atoms with Crippen LogP contribution in [0.15, 0.2) is 18.2 Å². The molecule has 7 heteroatoms. The lowest BCUT2D eigenvalue weighted by Crippen LogP contribution is -2.34. The molecule has 1 aliphatic rings. The molecule has 6 nitrogen and oxygen atoms in total. The Kier molecular flexibility index (Phi) is 4.77. The van der Waals surface area contributed by atoms with E-state index in [1.165, 1.54) is 0 Å². The fraction of sp³-hybridized carbons (Fsp3) is 0.533. The number of nitrogens with two attached hydrogens (primary N) is 1. The van der Waals surface area contributed by atoms with Gasteiger partial charge < -0.3 is 10.6 Å². The van der Waals surface area contributed by atoms with E-state index >= 15 is 0 Å². The molecule has 2 atom stereocenters. The van der Waals surface area contributed by atoms with Gasteiger partial charge in [-0.3, -0.25) is 9.52 Å². The third kappa shape index (κ3) is 3.78. The number of aryl methyl sites for hydroxylation is 1. The van der Waals surface area contributed by atoms with Crippen molar-refractivity contribution >= 4 is 21.6 Å². The molecule has 1 fully saturated rings. The topological polar surface area (TPSA) is 92.5 Å². The highest BCUT2D eigenvalue weighted by Gasteiger charge is 2.32. The minimum atomic E-state index is -3.38. The predicted octanol–water partition coefficient (Wildman–Crippen LogP) is 1.18. The molecule has 1 aromatic carbocycles. The van der Waals surface area contributed by atoms with Gasteiger partial charge in [0.2, 0.25) is 10.0 Å². The Hall–Kier alpha value is -1.60. The van der Waals surface area contributed by atoms with Crippen LogP contribution in [-0.2, 0) is 10.0 Å². The molecule has 0 bridgehead atoms. The van der Waals surface area contributed by atoms with E-state index in [4.69, 9.17) is 5.73 Å². The summed E-state index contributed by atoms with van der Waals surface area (Å²) in [5.74, 6) is 0.248. The van der Waals surface area contributed by atoms with E-state index in [0.29, 0.717) is 30.3 Å². The molecule has 0 aliphatic carbocycles. The number of nitrogens with one attached hydrogen (secondary N) is 1. The fourth-order valence-electron chi connectivity index (χ4n) is 2.83. The number of benzene rings is 1. The van der Waals surface area contributed by atoms with Crippen molar-refractivity contribution in [2.24, 2.45) is 11.7 Å². The molecular weight excluding hydrogens is 302 g/mol. The molecule has 0 saturated carbocycles. The lowest BCUT2D eigenvalue weighted by atomic mass is 10.1. The number of nitrogens with zero attached hydrogens (tertiary/aromatic N) is 1. The van der Waals surface area contributed by atoms with Crippen molar-refractivity contribution in [3.63, 3.8) is 0 Å². The largest absolute Gasteiger partial charge is 0.336 e. The molecule has 22 heavy (non-hydrogen) atoms. The number of hydrogen-bond acceptors (Lipinski definition) is 4. The maximum atomic E-state index is 12.7. The van der Waals surface area contributed by atoms with Gasteiger partial charge in [0.15, 0.2) is 0 Å². The summed E-state index contributed by atoms with van der Waals surface area (Å²) in [7, 11) is -3.38. The number of hydrogen-bond donors (Lipinski definition) is 2. The minimum absolute atomic E-state index is 0.0833. The maximum Gasteiger partial charge on any atom is 0.254 e. The molecule has 1 aromatic rings. The molecule has 1 saturated heterocycles. The molecule has 1 heterocycles. The molecule has 0 radical (unpaired) electrons. The van der Waals surface area contributed by atoms with Crippen molar-refractivity contribution in [3.8, 4) is 0 Å². The lowest BCUT2D eigenvalue weighted by Gasteiger charge is -2.22. The first-order chi connectivity index (χ1) is 10.2. The van der Waals surface area contributed by atoms with Gasteiger partial charge in [0.25, 0.3) is 5.91 Å². The number of carbonyl (C=O) groups excluding carboxylic acids is 1. The summed E-state index contributed by atoms with van der Waals surface area (Å²) in [6.07, 6.45) is 2.00. The molecule has 2 unspecified atom stereocenters. The summed E-state index contributed by atoms with van der Waals surface area (Å²) in [6, 6.07) is 5.23. The highest BCUT2D eigenvalue weighted by atomic mass is 32.2. The first-order valence-corrected chi connectivity index (χ1v) is 9.20. The Balaban J connectivity index is 2.25. The maximum absolute atomic E-state index is 12.7. The standard InChI is InChI=1S/C15H23N3O3S/c1-10-4-5-13(7-14(10)17-22(3,20)21)15(19)18-9-12(8-16)6-11(18)2/h4-5,7,11-12,17H,6,8-9,16H2,1-3H3. The van der Waals surface area contributed by atoms with Gasteiger partial charge in [-0.1, -0.05) is 6.07 Å². The molecule has 0 spiro atoms. The summed E-state index contributed by atoms with van der Waals surface area (Å²) in [5.41, 5.74) is 7.40. The average Bonchev–Trinajstić information content (AvgIpc) is 2.80. The smallest absolute Gasteiger partial charge is 0.254 e. The summed E-state index contributed by atoms with van der Waals surface area (Å²) < 4.78 is 25.3. The van der Waals surface area contributed by atoms with Crippen LogP contribution < -0.4 is 10.5 Å². The summed E-state index contributed by atoms with van der Waals surface area (Å²) in [4.78, 5) is 14.5. The van der Waals surface area contributed by atoms with Gasteiger partial charge >= 0.3 is 0 Å². The zero-order valence-corrected chi connectivity index (χ0v) is 14.0. The van der Waals surface area contributed by atoms with E-state index in [0.717, 1.165) is 18.2 Å². The summed E-state index contributed by atoms with van der Waals surface area (Å²) in [6.45, 7) is 5.03. The SMILES string of the molecule is Cc1ccc(C(=O)N2CC(CN)CC2C)cc1NS(C)(=O)=O. The van der Waals surface area contributed by atoms with Crippen LogP contribution in [0.1, 0.15) is 29.3 Å². The Bertz CT molecular complexity index is 673. The highest BCUT2D eigenvalue weighted by Crippen LogP contribution is 2.26. The first kappa shape index (κ1) is 16.8. The van der Waals surface area contributed by atoms with Crippen molar-refractivity contribution in [3.05, 3.63) is 29.3 Å². The van der Waals surface area contributed by atoms with Gasteiger partial charge in [-0.05, 0) is 50.4 Å². The minimum Gasteiger partial charge on any atom is -0.336 e. The van der Waals surface area contributed by atoms with Gasteiger partial charge in [0.1, 0.15) is 0 Å². The van der Waals surface area contributed by atoms with Gasteiger partial charge in [0.05, 0.1) is 11.9 Å². The van der Waals surface area contributed by atoms with Crippen molar-refractivity contribution in [2.75, 3.05) is 24.1 Å². The Morgan fingerprint density at radius 3 is 2.68 bits per heavy atom. The van der Waals surface area contributed by atoms with Crippen LogP contribution in [0.25, 0.3) is 0 Å². The molecular formula is C15H23N3O3S. The van der Waals surface area contributed by atoms with E-state index in [9.17, 15) is 13.2 Å². The van der Waals surface area contributed by atoms with Crippen molar-refractivity contribution in [1.82, 2.24) is 4.90 Å². The molecule has 0 aromatic heterocycles. The van der Waals surface area contributed by atoms with Gasteiger partial charge in [-0.2, -0.15) is 0 Å². The second-order valence-electron chi connectivity index (χ2n) is 6.05. The van der Waals surface area contributed by atoms with Crippen molar-refractivity contribution < 1.29 is 13.2 Å². The number of rotatable bonds is 4. The normalized spacial score (nSPS) is 21.9. The van der Waals surface area contributed by atoms with Crippen LogP contribution in [-0.4, -0.2) is 44.6 Å². The third-order valence-corrected chi connectivity index (χ3v) is 4.63. The zero-order chi connectivity index (χ0) is 16.5. The number of carbonyl (C=O) groups is 1. The van der Waals surface area contributed by atoms with Crippen LogP contribution in [0, 0.1) is 12.8 Å². The number of amides is 1. The van der Waals surface area contributed by atoms with Crippen LogP contribution in [0.2, 0.25) is 0 Å². The highest BCUT2D eigenvalue weighted by molar-refractivity contribution is 7.92. The van der Waals surface area contributed by atoms with Crippen LogP contribution >= 0.6 is 0 Å². The monoisotopic (exact) mass is 325 g/mol. The number of likely N-dealkylation sites (tertiary alicyclic amines) is 1. The average molecular weight is 325 g/mol. The van der Waals surface area contributed by atoms with Crippen LogP contribution in [0.5, 0.6) is 0 Å². The van der Waals surface area contributed by atoms with E-state index in [-0.39, 0.29) is 11.9 Å². The molecule has 122 valence electrons. The lowest BCUT2D eigenvalue weighted by molar-refractivity contribution is 0.0743. The third-order valence-electron chi connectivity index (χ3n) is 4.04. The van der Waals surface area contributed by atoms with Crippen molar-refractivity contribution in [2.45, 2.75) is 26.3 Å². The van der Waals surface area contributed by atoms with Crippen molar-refractivity contribution in [1.29, 1.82) is 0 Å². The Morgan fingerprint density at radius 1 is 1.45 bits per heavy atom. The Labute approximate surface area is 131 Å². The van der Waals surface area contributed by atoms with Gasteiger partial charge in [0, 0.05) is 18.2 Å². The van der Waals surface area contributed by atoms with Crippen LogP contribution in [0.4, 0.5) is 5.69 Å². The molecule has 2 rings (SSSR count). The number of anilines is 1. The second-order valence-corrected chi connectivity index (χ2v) is 7.80. The predicted molar refractivity (Wildman–Crippen MR) is 87.3 cm³/mol. The van der Waals surface area contributed by atoms with Gasteiger partial charge in [-0.15, -0.1) is 0 Å². The second kappa shape index (κ2) is 6.26. The van der Waals surface area contributed by atoms with Crippen LogP contribution in [0.3, 0.4) is 0 Å². The molecule has 1 amide bonds. The summed E-state index contributed by atoms with van der Waals surface area (Å²) >= 11 is 0. The molecule has 3 N–H and O–H groups in total. The fourth-order valence-corrected chi connectivity index (χ4v) is 3.45. The van der Waals surface area contributed by atoms with E-state index in [1.807, 2.05) is 11.8 Å². The van der Waals surface area contributed by atoms with E-state index in [1.54, 1.807) is 25.1 Å². The van der Waals surface area contributed by atoms with E-state index in [2.05, 4.69) is 4.72 Å².